The number of pyridine rings is 1. The van der Waals surface area contributed by atoms with Crippen LogP contribution in [0.2, 0.25) is 0 Å². The molecule has 110 valence electrons. The van der Waals surface area contributed by atoms with E-state index in [0.29, 0.717) is 5.39 Å². The lowest BCUT2D eigenvalue weighted by Gasteiger charge is -2.32. The number of benzene rings is 1. The van der Waals surface area contributed by atoms with Gasteiger partial charge in [-0.05, 0) is 36.3 Å². The number of hydrogen-bond donors (Lipinski definition) is 2. The molecule has 0 saturated carbocycles. The van der Waals surface area contributed by atoms with Gasteiger partial charge < -0.3 is 15.0 Å². The van der Waals surface area contributed by atoms with E-state index in [1.807, 2.05) is 30.3 Å². The first-order valence-electron chi connectivity index (χ1n) is 7.22. The van der Waals surface area contributed by atoms with Gasteiger partial charge in [0.05, 0.1) is 0 Å². The molecule has 2 aromatic rings. The number of rotatable bonds is 3. The highest BCUT2D eigenvalue weighted by Crippen LogP contribution is 2.25. The molecule has 1 aliphatic heterocycles. The van der Waals surface area contributed by atoms with E-state index in [9.17, 15) is 9.59 Å². The summed E-state index contributed by atoms with van der Waals surface area (Å²) in [4.78, 5) is 27.9. The van der Waals surface area contributed by atoms with Crippen molar-refractivity contribution < 1.29 is 9.90 Å². The summed E-state index contributed by atoms with van der Waals surface area (Å²) >= 11 is 0. The van der Waals surface area contributed by atoms with E-state index in [-0.39, 0.29) is 17.9 Å². The average Bonchev–Trinajstić information content (AvgIpc) is 2.47. The minimum Gasteiger partial charge on any atom is -0.481 e. The van der Waals surface area contributed by atoms with Gasteiger partial charge in [0, 0.05) is 24.9 Å². The largest absolute Gasteiger partial charge is 0.481 e. The molecule has 1 fully saturated rings. The van der Waals surface area contributed by atoms with Gasteiger partial charge in [-0.2, -0.15) is 0 Å². The molecular formula is C16H18N2O3. The Bertz CT molecular complexity index is 715. The van der Waals surface area contributed by atoms with Gasteiger partial charge >= 0.3 is 5.97 Å². The Balaban J connectivity index is 1.79. The Morgan fingerprint density at radius 3 is 2.71 bits per heavy atom. The van der Waals surface area contributed by atoms with E-state index in [1.165, 1.54) is 0 Å². The van der Waals surface area contributed by atoms with E-state index in [1.54, 1.807) is 0 Å². The van der Waals surface area contributed by atoms with Gasteiger partial charge in [0.15, 0.2) is 0 Å². The number of anilines is 1. The summed E-state index contributed by atoms with van der Waals surface area (Å²) in [6.07, 6.45) is 1.93. The zero-order chi connectivity index (χ0) is 14.8. The molecule has 1 aliphatic rings. The second-order valence-corrected chi connectivity index (χ2v) is 5.60. The van der Waals surface area contributed by atoms with Crippen LogP contribution >= 0.6 is 0 Å². The molecule has 0 atom stereocenters. The number of carboxylic acid groups (broad SMARTS) is 1. The van der Waals surface area contributed by atoms with Gasteiger partial charge in [-0.25, -0.2) is 0 Å². The zero-order valence-corrected chi connectivity index (χ0v) is 11.7. The molecule has 0 spiro atoms. The maximum absolute atomic E-state index is 12.1. The van der Waals surface area contributed by atoms with Crippen molar-refractivity contribution in [3.63, 3.8) is 0 Å². The maximum Gasteiger partial charge on any atom is 0.303 e. The molecule has 5 heteroatoms. The number of nitrogens with one attached hydrogen (secondary N) is 1. The fourth-order valence-electron chi connectivity index (χ4n) is 2.99. The summed E-state index contributed by atoms with van der Waals surface area (Å²) in [5.74, 6) is 0.339. The van der Waals surface area contributed by atoms with Crippen molar-refractivity contribution >= 4 is 22.6 Å². The van der Waals surface area contributed by atoms with Crippen LogP contribution in [-0.2, 0) is 4.79 Å². The van der Waals surface area contributed by atoms with E-state index >= 15 is 0 Å². The molecule has 2 N–H and O–H groups in total. The topological polar surface area (TPSA) is 73.4 Å². The van der Waals surface area contributed by atoms with Crippen LogP contribution in [0.15, 0.2) is 35.1 Å². The highest BCUT2D eigenvalue weighted by atomic mass is 16.4. The third-order valence-corrected chi connectivity index (χ3v) is 4.16. The van der Waals surface area contributed by atoms with Crippen LogP contribution in [0.3, 0.4) is 0 Å². The SMILES string of the molecule is O=C(O)CC1CCN(c2cc3ccccc3c(=O)[nH]2)CC1. The van der Waals surface area contributed by atoms with Crippen molar-refractivity contribution in [3.05, 3.63) is 40.7 Å². The molecule has 21 heavy (non-hydrogen) atoms. The third kappa shape index (κ3) is 2.91. The summed E-state index contributed by atoms with van der Waals surface area (Å²) in [5, 5.41) is 10.5. The quantitative estimate of drug-likeness (QED) is 0.907. The first-order chi connectivity index (χ1) is 10.1. The number of nitrogens with zero attached hydrogens (tertiary/aromatic N) is 1. The summed E-state index contributed by atoms with van der Waals surface area (Å²) in [5.41, 5.74) is -0.0734. The van der Waals surface area contributed by atoms with Crippen molar-refractivity contribution in [1.29, 1.82) is 0 Å². The monoisotopic (exact) mass is 286 g/mol. The van der Waals surface area contributed by atoms with Gasteiger partial charge in [-0.3, -0.25) is 9.59 Å². The van der Waals surface area contributed by atoms with Crippen molar-refractivity contribution in [1.82, 2.24) is 4.98 Å². The van der Waals surface area contributed by atoms with Crippen LogP contribution in [0.4, 0.5) is 5.82 Å². The first kappa shape index (κ1) is 13.7. The lowest BCUT2D eigenvalue weighted by atomic mass is 9.93. The molecule has 1 saturated heterocycles. The van der Waals surface area contributed by atoms with Crippen molar-refractivity contribution in [3.8, 4) is 0 Å². The fraction of sp³-hybridized carbons (Fsp3) is 0.375. The van der Waals surface area contributed by atoms with Crippen LogP contribution in [0.1, 0.15) is 19.3 Å². The van der Waals surface area contributed by atoms with Crippen LogP contribution in [0.5, 0.6) is 0 Å². The van der Waals surface area contributed by atoms with Crippen molar-refractivity contribution in [2.45, 2.75) is 19.3 Å². The van der Waals surface area contributed by atoms with Gasteiger partial charge in [-0.1, -0.05) is 18.2 Å². The molecule has 0 aliphatic carbocycles. The molecule has 0 bridgehead atoms. The predicted molar refractivity (Wildman–Crippen MR) is 81.8 cm³/mol. The number of H-pyrrole nitrogens is 1. The molecule has 1 aromatic heterocycles. The highest BCUT2D eigenvalue weighted by molar-refractivity contribution is 5.83. The third-order valence-electron chi connectivity index (χ3n) is 4.16. The second-order valence-electron chi connectivity index (χ2n) is 5.60. The van der Waals surface area contributed by atoms with Gasteiger partial charge in [0.1, 0.15) is 5.82 Å². The number of aromatic amines is 1. The van der Waals surface area contributed by atoms with E-state index in [2.05, 4.69) is 9.88 Å². The number of aromatic nitrogens is 1. The number of aliphatic carboxylic acids is 1. The number of fused-ring (bicyclic) bond motifs is 1. The number of carboxylic acids is 1. The number of piperidine rings is 1. The first-order valence-corrected chi connectivity index (χ1v) is 7.22. The number of carbonyl (C=O) groups is 1. The van der Waals surface area contributed by atoms with Gasteiger partial charge in [-0.15, -0.1) is 0 Å². The van der Waals surface area contributed by atoms with Gasteiger partial charge in [0.2, 0.25) is 0 Å². The standard InChI is InChI=1S/C16H18N2O3/c19-15(20)9-11-5-7-18(8-6-11)14-10-12-3-1-2-4-13(12)16(21)17-14/h1-4,10-11H,5-9H2,(H,17,21)(H,19,20). The van der Waals surface area contributed by atoms with Crippen molar-refractivity contribution in [2.75, 3.05) is 18.0 Å². The maximum atomic E-state index is 12.1. The Morgan fingerprint density at radius 2 is 2.00 bits per heavy atom. The fourth-order valence-corrected chi connectivity index (χ4v) is 2.99. The molecule has 0 radical (unpaired) electrons. The second kappa shape index (κ2) is 5.60. The lowest BCUT2D eigenvalue weighted by Crippen LogP contribution is -2.35. The summed E-state index contributed by atoms with van der Waals surface area (Å²) in [6, 6.07) is 9.52. The van der Waals surface area contributed by atoms with E-state index < -0.39 is 5.97 Å². The summed E-state index contributed by atoms with van der Waals surface area (Å²) in [6.45, 7) is 1.57. The van der Waals surface area contributed by atoms with Crippen molar-refractivity contribution in [2.24, 2.45) is 5.92 Å². The Labute approximate surface area is 122 Å². The Hall–Kier alpha value is -2.30. The average molecular weight is 286 g/mol. The molecule has 5 nitrogen and oxygen atoms in total. The smallest absolute Gasteiger partial charge is 0.303 e. The molecule has 2 heterocycles. The minimum absolute atomic E-state index is 0.0734. The normalized spacial score (nSPS) is 16.3. The van der Waals surface area contributed by atoms with E-state index in [4.69, 9.17) is 5.11 Å². The van der Waals surface area contributed by atoms with Crippen LogP contribution in [0, 0.1) is 5.92 Å². The van der Waals surface area contributed by atoms with Crippen LogP contribution in [0.25, 0.3) is 10.8 Å². The predicted octanol–water partition coefficient (Wildman–Crippen LogP) is 2.22. The van der Waals surface area contributed by atoms with Crippen LogP contribution < -0.4 is 10.5 Å². The zero-order valence-electron chi connectivity index (χ0n) is 11.7. The summed E-state index contributed by atoms with van der Waals surface area (Å²) in [7, 11) is 0. The van der Waals surface area contributed by atoms with Crippen LogP contribution in [-0.4, -0.2) is 29.1 Å². The Kier molecular flexibility index (Phi) is 3.64. The van der Waals surface area contributed by atoms with E-state index in [0.717, 1.165) is 37.1 Å². The summed E-state index contributed by atoms with van der Waals surface area (Å²) < 4.78 is 0. The number of hydrogen-bond acceptors (Lipinski definition) is 3. The lowest BCUT2D eigenvalue weighted by molar-refractivity contribution is -0.138. The molecular weight excluding hydrogens is 268 g/mol. The molecule has 0 amide bonds. The molecule has 1 aromatic carbocycles. The molecule has 3 rings (SSSR count). The minimum atomic E-state index is -0.729. The molecule has 0 unspecified atom stereocenters. The highest BCUT2D eigenvalue weighted by Gasteiger charge is 2.22. The Morgan fingerprint density at radius 1 is 1.29 bits per heavy atom. The van der Waals surface area contributed by atoms with Gasteiger partial charge in [0.25, 0.3) is 5.56 Å².